The summed E-state index contributed by atoms with van der Waals surface area (Å²) in [6.07, 6.45) is 7.66. The number of nitrogens with one attached hydrogen (secondary N) is 2. The van der Waals surface area contributed by atoms with Crippen LogP contribution >= 0.6 is 0 Å². The number of aromatic amines is 2. The van der Waals surface area contributed by atoms with Gasteiger partial charge in [-0.05, 0) is 46.2 Å². The van der Waals surface area contributed by atoms with Crippen molar-refractivity contribution in [3.05, 3.63) is 60.2 Å². The largest absolute Gasteiger partial charge is 0.346 e. The van der Waals surface area contributed by atoms with Crippen LogP contribution in [0, 0.1) is 0 Å². The first-order valence-electron chi connectivity index (χ1n) is 9.02. The van der Waals surface area contributed by atoms with Crippen LogP contribution in [0.4, 0.5) is 0 Å². The van der Waals surface area contributed by atoms with Crippen molar-refractivity contribution in [3.8, 4) is 0 Å². The standard InChI is InChI=1S/2C11H14N2/c1-11(2,3)9-5-7-13-10-8(9)4-6-12-10;1-11(2,3)9-6-8-4-5-12-10(8)13-7-9/h2*4-7H,1-3H3,(H,12,13). The van der Waals surface area contributed by atoms with Crippen LogP contribution in [0.3, 0.4) is 0 Å². The molecule has 2 N–H and O–H groups in total. The summed E-state index contributed by atoms with van der Waals surface area (Å²) < 4.78 is 0. The number of aromatic nitrogens is 4. The van der Waals surface area contributed by atoms with Gasteiger partial charge in [-0.15, -0.1) is 0 Å². The van der Waals surface area contributed by atoms with Gasteiger partial charge in [0, 0.05) is 35.6 Å². The van der Waals surface area contributed by atoms with Gasteiger partial charge in [0.05, 0.1) is 0 Å². The molecule has 0 aliphatic rings. The molecule has 0 amide bonds. The predicted molar refractivity (Wildman–Crippen MR) is 110 cm³/mol. The van der Waals surface area contributed by atoms with E-state index in [1.807, 2.05) is 24.8 Å². The molecule has 0 bridgehead atoms. The Morgan fingerprint density at radius 3 is 2.15 bits per heavy atom. The maximum Gasteiger partial charge on any atom is 0.137 e. The summed E-state index contributed by atoms with van der Waals surface area (Å²) in [5, 5.41) is 2.42. The predicted octanol–water partition coefficient (Wildman–Crippen LogP) is 5.72. The van der Waals surface area contributed by atoms with Crippen molar-refractivity contribution in [1.29, 1.82) is 0 Å². The fourth-order valence-corrected chi connectivity index (χ4v) is 2.96. The second kappa shape index (κ2) is 6.60. The van der Waals surface area contributed by atoms with Gasteiger partial charge >= 0.3 is 0 Å². The number of H-pyrrole nitrogens is 2. The van der Waals surface area contributed by atoms with Gasteiger partial charge < -0.3 is 9.97 Å². The van der Waals surface area contributed by atoms with Crippen LogP contribution in [-0.2, 0) is 10.8 Å². The summed E-state index contributed by atoms with van der Waals surface area (Å²) in [4.78, 5) is 14.8. The van der Waals surface area contributed by atoms with Crippen molar-refractivity contribution in [3.63, 3.8) is 0 Å². The van der Waals surface area contributed by atoms with Gasteiger partial charge in [-0.3, -0.25) is 0 Å². The lowest BCUT2D eigenvalue weighted by Crippen LogP contribution is -2.11. The summed E-state index contributed by atoms with van der Waals surface area (Å²) in [6, 6.07) is 8.43. The molecular weight excluding hydrogens is 320 g/mol. The lowest BCUT2D eigenvalue weighted by molar-refractivity contribution is 0.588. The molecule has 0 aliphatic heterocycles. The Labute approximate surface area is 155 Å². The third kappa shape index (κ3) is 3.79. The molecule has 0 spiro atoms. The highest BCUT2D eigenvalue weighted by Crippen LogP contribution is 2.28. The molecule has 0 radical (unpaired) electrons. The van der Waals surface area contributed by atoms with Crippen molar-refractivity contribution in [1.82, 2.24) is 19.9 Å². The van der Waals surface area contributed by atoms with E-state index in [2.05, 4.69) is 85.7 Å². The minimum absolute atomic E-state index is 0.179. The van der Waals surface area contributed by atoms with Crippen LogP contribution in [0.15, 0.2) is 49.1 Å². The monoisotopic (exact) mass is 348 g/mol. The molecule has 0 fully saturated rings. The maximum atomic E-state index is 4.35. The van der Waals surface area contributed by atoms with Crippen LogP contribution in [-0.4, -0.2) is 19.9 Å². The second-order valence-electron chi connectivity index (χ2n) is 8.74. The number of hydrogen-bond donors (Lipinski definition) is 2. The second-order valence-corrected chi connectivity index (χ2v) is 8.74. The zero-order valence-electron chi connectivity index (χ0n) is 16.5. The Kier molecular flexibility index (Phi) is 4.61. The van der Waals surface area contributed by atoms with E-state index in [-0.39, 0.29) is 10.8 Å². The Balaban J connectivity index is 0.000000151. The summed E-state index contributed by atoms with van der Waals surface area (Å²) in [5.41, 5.74) is 4.93. The van der Waals surface area contributed by atoms with Crippen LogP contribution in [0.25, 0.3) is 22.1 Å². The smallest absolute Gasteiger partial charge is 0.137 e. The van der Waals surface area contributed by atoms with E-state index in [0.29, 0.717) is 0 Å². The van der Waals surface area contributed by atoms with Gasteiger partial charge in [0.15, 0.2) is 0 Å². The van der Waals surface area contributed by atoms with Gasteiger partial charge in [0.25, 0.3) is 0 Å². The van der Waals surface area contributed by atoms with Crippen molar-refractivity contribution in [2.45, 2.75) is 52.4 Å². The lowest BCUT2D eigenvalue weighted by atomic mass is 9.86. The van der Waals surface area contributed by atoms with E-state index in [9.17, 15) is 0 Å². The molecule has 26 heavy (non-hydrogen) atoms. The maximum absolute atomic E-state index is 4.35. The molecule has 4 aromatic heterocycles. The lowest BCUT2D eigenvalue weighted by Gasteiger charge is -2.19. The number of rotatable bonds is 0. The van der Waals surface area contributed by atoms with Crippen molar-refractivity contribution in [2.24, 2.45) is 0 Å². The van der Waals surface area contributed by atoms with Crippen molar-refractivity contribution in [2.75, 3.05) is 0 Å². The molecular formula is C22H28N4. The quantitative estimate of drug-likeness (QED) is 0.427. The van der Waals surface area contributed by atoms with E-state index < -0.39 is 0 Å². The Morgan fingerprint density at radius 2 is 1.46 bits per heavy atom. The number of hydrogen-bond acceptors (Lipinski definition) is 2. The summed E-state index contributed by atoms with van der Waals surface area (Å²) in [6.45, 7) is 13.2. The van der Waals surface area contributed by atoms with E-state index in [1.54, 1.807) is 0 Å². The molecule has 4 nitrogen and oxygen atoms in total. The molecule has 0 aliphatic carbocycles. The molecule has 0 aromatic carbocycles. The first-order chi connectivity index (χ1) is 12.2. The van der Waals surface area contributed by atoms with Crippen molar-refractivity contribution >= 4 is 22.1 Å². The molecule has 4 aromatic rings. The average molecular weight is 348 g/mol. The van der Waals surface area contributed by atoms with Gasteiger partial charge in [0.2, 0.25) is 0 Å². The van der Waals surface area contributed by atoms with E-state index in [0.717, 1.165) is 11.3 Å². The highest BCUT2D eigenvalue weighted by atomic mass is 14.8. The first-order valence-corrected chi connectivity index (χ1v) is 9.02. The normalized spacial score (nSPS) is 12.2. The third-order valence-corrected chi connectivity index (χ3v) is 4.53. The first kappa shape index (κ1) is 18.2. The summed E-state index contributed by atoms with van der Waals surface area (Å²) >= 11 is 0. The molecule has 0 unspecified atom stereocenters. The molecule has 0 atom stereocenters. The minimum atomic E-state index is 0.179. The summed E-state index contributed by atoms with van der Waals surface area (Å²) in [7, 11) is 0. The zero-order chi connectivity index (χ0) is 18.9. The van der Waals surface area contributed by atoms with Crippen LogP contribution in [0.1, 0.15) is 52.7 Å². The van der Waals surface area contributed by atoms with Gasteiger partial charge in [-0.2, -0.15) is 0 Å². The van der Waals surface area contributed by atoms with E-state index in [1.165, 1.54) is 21.9 Å². The van der Waals surface area contributed by atoms with Gasteiger partial charge in [-0.25, -0.2) is 9.97 Å². The number of nitrogens with zero attached hydrogens (tertiary/aromatic N) is 2. The van der Waals surface area contributed by atoms with Crippen molar-refractivity contribution < 1.29 is 0 Å². The molecule has 0 saturated carbocycles. The topological polar surface area (TPSA) is 57.4 Å². The Bertz CT molecular complexity index is 1010. The SMILES string of the molecule is CC(C)(C)c1ccnc2[nH]ccc12.CC(C)(C)c1cnc2[nH]ccc2c1. The highest BCUT2D eigenvalue weighted by Gasteiger charge is 2.17. The van der Waals surface area contributed by atoms with Gasteiger partial charge in [-0.1, -0.05) is 41.5 Å². The number of pyridine rings is 2. The molecule has 136 valence electrons. The zero-order valence-corrected chi connectivity index (χ0v) is 16.5. The molecule has 0 saturated heterocycles. The summed E-state index contributed by atoms with van der Waals surface area (Å²) in [5.74, 6) is 0. The molecule has 4 rings (SSSR count). The Hall–Kier alpha value is -2.62. The molecule has 4 heterocycles. The number of fused-ring (bicyclic) bond motifs is 2. The van der Waals surface area contributed by atoms with E-state index in [4.69, 9.17) is 0 Å². The average Bonchev–Trinajstić information content (AvgIpc) is 3.21. The van der Waals surface area contributed by atoms with Gasteiger partial charge in [0.1, 0.15) is 11.3 Å². The van der Waals surface area contributed by atoms with Crippen LogP contribution in [0.5, 0.6) is 0 Å². The fourth-order valence-electron chi connectivity index (χ4n) is 2.96. The fraction of sp³-hybridized carbons (Fsp3) is 0.364. The highest BCUT2D eigenvalue weighted by molar-refractivity contribution is 5.80. The molecule has 4 heteroatoms. The Morgan fingerprint density at radius 1 is 0.769 bits per heavy atom. The van der Waals surface area contributed by atoms with Crippen LogP contribution in [0.2, 0.25) is 0 Å². The van der Waals surface area contributed by atoms with E-state index >= 15 is 0 Å². The third-order valence-electron chi connectivity index (χ3n) is 4.53. The van der Waals surface area contributed by atoms with Crippen LogP contribution < -0.4 is 0 Å². The minimum Gasteiger partial charge on any atom is -0.346 e.